The summed E-state index contributed by atoms with van der Waals surface area (Å²) in [6.07, 6.45) is 4.02. The van der Waals surface area contributed by atoms with Crippen molar-refractivity contribution < 1.29 is 0 Å². The average Bonchev–Trinajstić information content (AvgIpc) is 2.95. The minimum atomic E-state index is 0.459. The molecule has 1 unspecified atom stereocenters. The molecule has 0 saturated carbocycles. The fourth-order valence-electron chi connectivity index (χ4n) is 1.45. The Kier molecular flexibility index (Phi) is 5.36. The van der Waals surface area contributed by atoms with E-state index in [1.807, 2.05) is 47.3 Å². The second-order valence-electron chi connectivity index (χ2n) is 3.85. The second-order valence-corrected chi connectivity index (χ2v) is 6.17. The Labute approximate surface area is 116 Å². The Morgan fingerprint density at radius 2 is 1.78 bits per heavy atom. The van der Waals surface area contributed by atoms with E-state index in [4.69, 9.17) is 0 Å². The highest BCUT2D eigenvalue weighted by atomic mass is 33.1. The standard InChI is InChI=1S/C8H7NS2.C7H8/c1-2-5-9-7(3-1)8-4-6-10-11-8;1-7-5-3-2-4-6-7/h1-6,8H;2-6H,1H3. The molecule has 1 aromatic carbocycles. The predicted octanol–water partition coefficient (Wildman–Crippen LogP) is 5.03. The fraction of sp³-hybridized carbons (Fsp3) is 0.133. The molecule has 0 aliphatic carbocycles. The maximum atomic E-state index is 4.28. The molecule has 2 heterocycles. The first-order chi connectivity index (χ1) is 8.86. The van der Waals surface area contributed by atoms with Crippen molar-refractivity contribution in [3.8, 4) is 0 Å². The highest BCUT2D eigenvalue weighted by Crippen LogP contribution is 2.44. The summed E-state index contributed by atoms with van der Waals surface area (Å²) in [6, 6.07) is 16.3. The summed E-state index contributed by atoms with van der Waals surface area (Å²) in [4.78, 5) is 4.28. The lowest BCUT2D eigenvalue weighted by molar-refractivity contribution is 1.10. The Bertz CT molecular complexity index is 482. The number of rotatable bonds is 1. The van der Waals surface area contributed by atoms with Gasteiger partial charge in [0.1, 0.15) is 0 Å². The molecule has 3 heteroatoms. The SMILES string of the molecule is C1=CC(c2ccccn2)SS1.Cc1ccccc1. The van der Waals surface area contributed by atoms with E-state index in [-0.39, 0.29) is 0 Å². The molecule has 0 amide bonds. The van der Waals surface area contributed by atoms with Gasteiger partial charge in [-0.25, -0.2) is 0 Å². The molecule has 0 N–H and O–H groups in total. The lowest BCUT2D eigenvalue weighted by Gasteiger charge is -2.02. The average molecular weight is 273 g/mol. The van der Waals surface area contributed by atoms with Gasteiger partial charge in [0.15, 0.2) is 0 Å². The number of nitrogens with zero attached hydrogens (tertiary/aromatic N) is 1. The Morgan fingerprint density at radius 3 is 2.28 bits per heavy atom. The van der Waals surface area contributed by atoms with E-state index < -0.39 is 0 Å². The quantitative estimate of drug-likeness (QED) is 0.677. The number of pyridine rings is 1. The van der Waals surface area contributed by atoms with Gasteiger partial charge in [0.2, 0.25) is 0 Å². The number of hydrogen-bond donors (Lipinski definition) is 0. The van der Waals surface area contributed by atoms with Crippen molar-refractivity contribution in [1.29, 1.82) is 0 Å². The van der Waals surface area contributed by atoms with Crippen molar-refractivity contribution in [3.63, 3.8) is 0 Å². The molecule has 0 bridgehead atoms. The molecule has 0 fully saturated rings. The lowest BCUT2D eigenvalue weighted by Crippen LogP contribution is -1.88. The van der Waals surface area contributed by atoms with Crippen molar-refractivity contribution in [2.45, 2.75) is 12.2 Å². The van der Waals surface area contributed by atoms with Crippen LogP contribution in [0.15, 0.2) is 66.2 Å². The highest BCUT2D eigenvalue weighted by molar-refractivity contribution is 8.78. The molecule has 0 spiro atoms. The van der Waals surface area contributed by atoms with Crippen LogP contribution in [0.5, 0.6) is 0 Å². The van der Waals surface area contributed by atoms with Crippen LogP contribution in [0.4, 0.5) is 0 Å². The molecule has 3 rings (SSSR count). The molecule has 1 nitrogen and oxygen atoms in total. The van der Waals surface area contributed by atoms with Crippen LogP contribution in [0.3, 0.4) is 0 Å². The second kappa shape index (κ2) is 7.29. The van der Waals surface area contributed by atoms with Gasteiger partial charge >= 0.3 is 0 Å². The molecule has 1 atom stereocenters. The maximum Gasteiger partial charge on any atom is 0.0765 e. The summed E-state index contributed by atoms with van der Waals surface area (Å²) in [6.45, 7) is 2.08. The number of aromatic nitrogens is 1. The van der Waals surface area contributed by atoms with E-state index in [2.05, 4.69) is 41.6 Å². The largest absolute Gasteiger partial charge is 0.260 e. The van der Waals surface area contributed by atoms with Gasteiger partial charge in [-0.2, -0.15) is 0 Å². The molecule has 1 aliphatic rings. The van der Waals surface area contributed by atoms with Crippen LogP contribution >= 0.6 is 21.6 Å². The third-order valence-corrected chi connectivity index (χ3v) is 4.66. The Morgan fingerprint density at radius 1 is 1.00 bits per heavy atom. The van der Waals surface area contributed by atoms with E-state index in [9.17, 15) is 0 Å². The molecule has 92 valence electrons. The van der Waals surface area contributed by atoms with Crippen molar-refractivity contribution in [2.24, 2.45) is 0 Å². The van der Waals surface area contributed by atoms with Gasteiger partial charge in [-0.15, -0.1) is 0 Å². The zero-order valence-corrected chi connectivity index (χ0v) is 11.8. The normalized spacial score (nSPS) is 17.1. The van der Waals surface area contributed by atoms with Gasteiger partial charge in [0.25, 0.3) is 0 Å². The topological polar surface area (TPSA) is 12.9 Å². The summed E-state index contributed by atoms with van der Waals surface area (Å²) in [5, 5.41) is 2.57. The molecular weight excluding hydrogens is 258 g/mol. The van der Waals surface area contributed by atoms with Crippen molar-refractivity contribution >= 4 is 21.6 Å². The molecule has 18 heavy (non-hydrogen) atoms. The fourth-order valence-corrected chi connectivity index (χ4v) is 3.57. The van der Waals surface area contributed by atoms with Crippen LogP contribution < -0.4 is 0 Å². The number of benzene rings is 1. The molecule has 0 radical (unpaired) electrons. The van der Waals surface area contributed by atoms with Crippen molar-refractivity contribution in [1.82, 2.24) is 4.98 Å². The highest BCUT2D eigenvalue weighted by Gasteiger charge is 2.13. The summed E-state index contributed by atoms with van der Waals surface area (Å²) < 4.78 is 0. The lowest BCUT2D eigenvalue weighted by atomic mass is 10.2. The van der Waals surface area contributed by atoms with E-state index in [1.54, 1.807) is 10.8 Å². The molecule has 1 aromatic heterocycles. The minimum Gasteiger partial charge on any atom is -0.260 e. The van der Waals surface area contributed by atoms with E-state index in [0.29, 0.717) is 5.25 Å². The summed E-state index contributed by atoms with van der Waals surface area (Å²) >= 11 is 0. The Hall–Kier alpha value is -1.19. The maximum absolute atomic E-state index is 4.28. The molecule has 0 saturated heterocycles. The van der Waals surface area contributed by atoms with Crippen molar-refractivity contribution in [3.05, 3.63) is 77.5 Å². The first-order valence-corrected chi connectivity index (χ1v) is 8.05. The summed E-state index contributed by atoms with van der Waals surface area (Å²) in [5.41, 5.74) is 2.47. The molecule has 1 aliphatic heterocycles. The van der Waals surface area contributed by atoms with Crippen LogP contribution in [-0.4, -0.2) is 4.98 Å². The third kappa shape index (κ3) is 4.24. The van der Waals surface area contributed by atoms with Crippen LogP contribution in [0, 0.1) is 6.92 Å². The zero-order chi connectivity index (χ0) is 12.6. The van der Waals surface area contributed by atoms with Gasteiger partial charge in [0.05, 0.1) is 10.9 Å². The number of hydrogen-bond acceptors (Lipinski definition) is 3. The monoisotopic (exact) mass is 273 g/mol. The van der Waals surface area contributed by atoms with Gasteiger partial charge in [0, 0.05) is 6.20 Å². The van der Waals surface area contributed by atoms with Gasteiger partial charge in [-0.05, 0) is 24.5 Å². The van der Waals surface area contributed by atoms with Crippen molar-refractivity contribution in [2.75, 3.05) is 0 Å². The smallest absolute Gasteiger partial charge is 0.0765 e. The zero-order valence-electron chi connectivity index (χ0n) is 10.2. The third-order valence-electron chi connectivity index (χ3n) is 2.39. The van der Waals surface area contributed by atoms with E-state index >= 15 is 0 Å². The molecular formula is C15H15NS2. The van der Waals surface area contributed by atoms with Crippen LogP contribution in [0.25, 0.3) is 0 Å². The van der Waals surface area contributed by atoms with Gasteiger partial charge in [-0.3, -0.25) is 4.98 Å². The van der Waals surface area contributed by atoms with Crippen LogP contribution in [0.2, 0.25) is 0 Å². The summed E-state index contributed by atoms with van der Waals surface area (Å²) in [7, 11) is 3.61. The molecule has 2 aromatic rings. The predicted molar refractivity (Wildman–Crippen MR) is 82.5 cm³/mol. The van der Waals surface area contributed by atoms with Gasteiger partial charge in [-0.1, -0.05) is 69.6 Å². The van der Waals surface area contributed by atoms with Crippen LogP contribution in [-0.2, 0) is 0 Å². The summed E-state index contributed by atoms with van der Waals surface area (Å²) in [5.74, 6) is 0. The van der Waals surface area contributed by atoms with E-state index in [0.717, 1.165) is 5.69 Å². The van der Waals surface area contributed by atoms with Crippen LogP contribution in [0.1, 0.15) is 16.5 Å². The minimum absolute atomic E-state index is 0.459. The van der Waals surface area contributed by atoms with E-state index in [1.165, 1.54) is 5.56 Å². The Balaban J connectivity index is 0.000000149. The first kappa shape index (κ1) is 13.2. The first-order valence-electron chi connectivity index (χ1n) is 5.77. The number of aryl methyl sites for hydroxylation is 1. The van der Waals surface area contributed by atoms with Gasteiger partial charge < -0.3 is 0 Å².